The number of nitrogens with zero attached hydrogens (tertiary/aromatic N) is 1. The van der Waals surface area contributed by atoms with Crippen LogP contribution in [0.25, 0.3) is 0 Å². The number of hydrogen-bond donors (Lipinski definition) is 2. The quantitative estimate of drug-likeness (QED) is 0.716. The zero-order valence-corrected chi connectivity index (χ0v) is 14.4. The van der Waals surface area contributed by atoms with Crippen LogP contribution >= 0.6 is 0 Å². The van der Waals surface area contributed by atoms with Crippen LogP contribution in [0.4, 0.5) is 0 Å². The molecule has 24 heavy (non-hydrogen) atoms. The second-order valence-corrected chi connectivity index (χ2v) is 6.47. The molecule has 0 aliphatic carbocycles. The van der Waals surface area contributed by atoms with Gasteiger partial charge < -0.3 is 20.1 Å². The van der Waals surface area contributed by atoms with Crippen LogP contribution in [0.15, 0.2) is 36.9 Å². The number of amides is 1. The molecule has 132 valence electrons. The van der Waals surface area contributed by atoms with Gasteiger partial charge in [0.25, 0.3) is 5.91 Å². The molecule has 0 spiro atoms. The smallest absolute Gasteiger partial charge is 0.251 e. The van der Waals surface area contributed by atoms with Crippen LogP contribution in [0.1, 0.15) is 30.1 Å². The summed E-state index contributed by atoms with van der Waals surface area (Å²) in [4.78, 5) is 14.4. The molecule has 1 amide bonds. The van der Waals surface area contributed by atoms with Crippen LogP contribution in [-0.2, 0) is 0 Å². The molecule has 1 aliphatic rings. The lowest BCUT2D eigenvalue weighted by atomic mass is 9.99. The number of β-amino-alcohol motifs (C(OH)–C–C–N with tert-alkyl or cyclic N) is 1. The zero-order valence-electron chi connectivity index (χ0n) is 14.4. The van der Waals surface area contributed by atoms with Gasteiger partial charge in [-0.3, -0.25) is 4.79 Å². The normalized spacial score (nSPS) is 17.2. The minimum atomic E-state index is -0.544. The van der Waals surface area contributed by atoms with Gasteiger partial charge in [-0.1, -0.05) is 19.6 Å². The van der Waals surface area contributed by atoms with E-state index in [1.54, 1.807) is 30.3 Å². The van der Waals surface area contributed by atoms with E-state index in [-0.39, 0.29) is 12.5 Å². The molecule has 2 N–H and O–H groups in total. The van der Waals surface area contributed by atoms with Crippen molar-refractivity contribution in [3.05, 3.63) is 42.5 Å². The first-order valence-corrected chi connectivity index (χ1v) is 8.61. The van der Waals surface area contributed by atoms with Gasteiger partial charge in [0.2, 0.25) is 0 Å². The van der Waals surface area contributed by atoms with Gasteiger partial charge in [-0.2, -0.15) is 0 Å². The summed E-state index contributed by atoms with van der Waals surface area (Å²) in [5.74, 6) is 1.29. The number of hydrogen-bond acceptors (Lipinski definition) is 4. The minimum absolute atomic E-state index is 0.184. The fraction of sp³-hybridized carbons (Fsp3) is 0.526. The fourth-order valence-electron chi connectivity index (χ4n) is 2.78. The lowest BCUT2D eigenvalue weighted by Crippen LogP contribution is -2.43. The summed E-state index contributed by atoms with van der Waals surface area (Å²) in [6.45, 7) is 9.22. The molecular weight excluding hydrogens is 304 g/mol. The minimum Gasteiger partial charge on any atom is -0.490 e. The number of benzene rings is 1. The maximum Gasteiger partial charge on any atom is 0.251 e. The molecule has 0 saturated carbocycles. The summed E-state index contributed by atoms with van der Waals surface area (Å²) in [6.07, 6.45) is 3.49. The van der Waals surface area contributed by atoms with Crippen molar-refractivity contribution in [1.82, 2.24) is 10.2 Å². The van der Waals surface area contributed by atoms with Crippen molar-refractivity contribution in [3.8, 4) is 5.75 Å². The summed E-state index contributed by atoms with van der Waals surface area (Å²) in [6, 6.07) is 6.94. The molecule has 5 heteroatoms. The number of nitrogens with one attached hydrogen (secondary N) is 1. The van der Waals surface area contributed by atoms with Crippen LogP contribution in [-0.4, -0.2) is 54.8 Å². The van der Waals surface area contributed by atoms with Crippen molar-refractivity contribution in [2.75, 3.05) is 32.8 Å². The maximum atomic E-state index is 12.1. The first kappa shape index (κ1) is 18.5. The summed E-state index contributed by atoms with van der Waals surface area (Å²) in [5.41, 5.74) is 0.556. The Morgan fingerprint density at radius 1 is 1.42 bits per heavy atom. The Hall–Kier alpha value is -1.85. The van der Waals surface area contributed by atoms with E-state index in [9.17, 15) is 9.90 Å². The third-order valence-electron chi connectivity index (χ3n) is 4.33. The Labute approximate surface area is 144 Å². The average Bonchev–Trinajstić information content (AvgIpc) is 2.60. The molecule has 1 aliphatic heterocycles. The average molecular weight is 332 g/mol. The second-order valence-electron chi connectivity index (χ2n) is 6.47. The Kier molecular flexibility index (Phi) is 7.28. The Morgan fingerprint density at radius 3 is 2.71 bits per heavy atom. The van der Waals surface area contributed by atoms with Gasteiger partial charge >= 0.3 is 0 Å². The van der Waals surface area contributed by atoms with Crippen LogP contribution in [0.5, 0.6) is 5.75 Å². The van der Waals surface area contributed by atoms with Gasteiger partial charge in [0.15, 0.2) is 0 Å². The molecule has 0 radical (unpaired) electrons. The molecule has 0 bridgehead atoms. The highest BCUT2D eigenvalue weighted by molar-refractivity contribution is 5.94. The first-order valence-electron chi connectivity index (χ1n) is 8.61. The van der Waals surface area contributed by atoms with E-state index in [0.29, 0.717) is 24.5 Å². The Bertz CT molecular complexity index is 522. The molecule has 1 heterocycles. The van der Waals surface area contributed by atoms with Crippen molar-refractivity contribution >= 4 is 5.91 Å². The van der Waals surface area contributed by atoms with E-state index < -0.39 is 6.10 Å². The van der Waals surface area contributed by atoms with Gasteiger partial charge in [-0.25, -0.2) is 0 Å². The van der Waals surface area contributed by atoms with Gasteiger partial charge in [-0.15, -0.1) is 0 Å². The highest BCUT2D eigenvalue weighted by atomic mass is 16.5. The number of piperidine rings is 1. The number of aliphatic hydroxyl groups excluding tert-OH is 1. The Morgan fingerprint density at radius 2 is 2.08 bits per heavy atom. The largest absolute Gasteiger partial charge is 0.490 e. The SMILES string of the molecule is C=CCOc1ccc(C(=O)NCC(O)CN2CCC(C)CC2)cc1. The van der Waals surface area contributed by atoms with Crippen LogP contribution in [0.2, 0.25) is 0 Å². The van der Waals surface area contributed by atoms with Crippen molar-refractivity contribution in [2.24, 2.45) is 5.92 Å². The third-order valence-corrected chi connectivity index (χ3v) is 4.33. The van der Waals surface area contributed by atoms with Gasteiger partial charge in [0, 0.05) is 18.7 Å². The predicted molar refractivity (Wildman–Crippen MR) is 95.3 cm³/mol. The van der Waals surface area contributed by atoms with E-state index in [1.807, 2.05) is 0 Å². The maximum absolute atomic E-state index is 12.1. The molecule has 1 fully saturated rings. The number of carbonyl (C=O) groups is 1. The van der Waals surface area contributed by atoms with Gasteiger partial charge in [-0.05, 0) is 56.1 Å². The van der Waals surface area contributed by atoms with Gasteiger partial charge in [0.1, 0.15) is 12.4 Å². The van der Waals surface area contributed by atoms with Crippen molar-refractivity contribution in [2.45, 2.75) is 25.9 Å². The predicted octanol–water partition coefficient (Wildman–Crippen LogP) is 2.07. The number of carbonyl (C=O) groups excluding carboxylic acids is 1. The van der Waals surface area contributed by atoms with Crippen LogP contribution in [0.3, 0.4) is 0 Å². The summed E-state index contributed by atoms with van der Waals surface area (Å²) in [7, 11) is 0. The monoisotopic (exact) mass is 332 g/mol. The van der Waals surface area contributed by atoms with E-state index in [2.05, 4.69) is 23.7 Å². The third kappa shape index (κ3) is 5.98. The molecule has 0 aromatic heterocycles. The van der Waals surface area contributed by atoms with Crippen molar-refractivity contribution < 1.29 is 14.6 Å². The van der Waals surface area contributed by atoms with Crippen LogP contribution < -0.4 is 10.1 Å². The number of ether oxygens (including phenoxy) is 1. The number of aliphatic hydroxyl groups is 1. The standard InChI is InChI=1S/C19H28N2O3/c1-3-12-24-18-6-4-16(5-7-18)19(23)20-13-17(22)14-21-10-8-15(2)9-11-21/h3-7,15,17,22H,1,8-14H2,2H3,(H,20,23). The summed E-state index contributed by atoms with van der Waals surface area (Å²) >= 11 is 0. The Balaban J connectivity index is 1.72. The lowest BCUT2D eigenvalue weighted by molar-refractivity contribution is 0.0795. The fourth-order valence-corrected chi connectivity index (χ4v) is 2.78. The number of likely N-dealkylation sites (tertiary alicyclic amines) is 1. The second kappa shape index (κ2) is 9.45. The highest BCUT2D eigenvalue weighted by Gasteiger charge is 2.18. The molecule has 5 nitrogen and oxygen atoms in total. The van der Waals surface area contributed by atoms with E-state index in [4.69, 9.17) is 4.74 Å². The molecule has 1 atom stereocenters. The molecule has 2 rings (SSSR count). The molecule has 1 aromatic rings. The topological polar surface area (TPSA) is 61.8 Å². The van der Waals surface area contributed by atoms with Crippen molar-refractivity contribution in [1.29, 1.82) is 0 Å². The van der Waals surface area contributed by atoms with Gasteiger partial charge in [0.05, 0.1) is 6.10 Å². The van der Waals surface area contributed by atoms with Crippen molar-refractivity contribution in [3.63, 3.8) is 0 Å². The molecular formula is C19H28N2O3. The summed E-state index contributed by atoms with van der Waals surface area (Å²) < 4.78 is 5.38. The van der Waals surface area contributed by atoms with E-state index >= 15 is 0 Å². The molecule has 1 saturated heterocycles. The molecule has 1 unspecified atom stereocenters. The summed E-state index contributed by atoms with van der Waals surface area (Å²) in [5, 5.41) is 12.9. The lowest BCUT2D eigenvalue weighted by Gasteiger charge is -2.31. The van der Waals surface area contributed by atoms with E-state index in [1.165, 1.54) is 12.8 Å². The number of rotatable bonds is 8. The molecule has 1 aromatic carbocycles. The van der Waals surface area contributed by atoms with E-state index in [0.717, 1.165) is 19.0 Å². The highest BCUT2D eigenvalue weighted by Crippen LogP contribution is 2.16. The first-order chi connectivity index (χ1) is 11.6. The zero-order chi connectivity index (χ0) is 17.4. The van der Waals surface area contributed by atoms with Crippen LogP contribution in [0, 0.1) is 5.92 Å².